The number of nitrogens with zero attached hydrogens (tertiary/aromatic N) is 2. The van der Waals surface area contributed by atoms with E-state index >= 15 is 0 Å². The predicted octanol–water partition coefficient (Wildman–Crippen LogP) is 2.26. The molecule has 14 heavy (non-hydrogen) atoms. The highest BCUT2D eigenvalue weighted by Gasteiger charge is 2.08. The van der Waals surface area contributed by atoms with Gasteiger partial charge in [-0.05, 0) is 43.6 Å². The molecule has 0 spiro atoms. The van der Waals surface area contributed by atoms with E-state index in [-0.39, 0.29) is 0 Å². The van der Waals surface area contributed by atoms with Crippen LogP contribution in [0.25, 0.3) is 0 Å². The van der Waals surface area contributed by atoms with E-state index in [4.69, 9.17) is 0 Å². The molecule has 1 aliphatic heterocycles. The van der Waals surface area contributed by atoms with Gasteiger partial charge >= 0.3 is 0 Å². The molecule has 0 unspecified atom stereocenters. The number of hydrogen-bond acceptors (Lipinski definition) is 2. The van der Waals surface area contributed by atoms with E-state index < -0.39 is 0 Å². The Morgan fingerprint density at radius 2 is 2.00 bits per heavy atom. The maximum atomic E-state index is 3.91. The third kappa shape index (κ3) is 2.81. The van der Waals surface area contributed by atoms with Crippen LogP contribution in [0, 0.1) is 6.20 Å². The number of pyridine rings is 1. The Morgan fingerprint density at radius 1 is 1.21 bits per heavy atom. The first-order valence-electron chi connectivity index (χ1n) is 5.48. The van der Waals surface area contributed by atoms with Crippen molar-refractivity contribution in [2.45, 2.75) is 32.2 Å². The Kier molecular flexibility index (Phi) is 3.52. The summed E-state index contributed by atoms with van der Waals surface area (Å²) >= 11 is 0. The second kappa shape index (κ2) is 5.11. The number of aromatic nitrogens is 1. The van der Waals surface area contributed by atoms with Crippen LogP contribution < -0.4 is 0 Å². The maximum absolute atomic E-state index is 3.91. The zero-order chi connectivity index (χ0) is 9.64. The first-order chi connectivity index (χ1) is 6.95. The topological polar surface area (TPSA) is 16.1 Å². The normalized spacial score (nSPS) is 19.1. The Labute approximate surface area is 86.0 Å². The molecule has 2 nitrogen and oxygen atoms in total. The molecule has 2 heteroatoms. The molecule has 1 fully saturated rings. The summed E-state index contributed by atoms with van der Waals surface area (Å²) < 4.78 is 0. The Morgan fingerprint density at radius 3 is 2.64 bits per heavy atom. The van der Waals surface area contributed by atoms with Crippen molar-refractivity contribution >= 4 is 0 Å². The summed E-state index contributed by atoms with van der Waals surface area (Å²) in [7, 11) is 0. The molecule has 2 rings (SSSR count). The van der Waals surface area contributed by atoms with Gasteiger partial charge in [0.05, 0.1) is 6.20 Å². The fraction of sp³-hybridized carbons (Fsp3) is 0.583. The fourth-order valence-electron chi connectivity index (χ4n) is 2.00. The van der Waals surface area contributed by atoms with Gasteiger partial charge in [0.15, 0.2) is 0 Å². The maximum Gasteiger partial charge on any atom is 0.0889 e. The molecule has 0 N–H and O–H groups in total. The number of likely N-dealkylation sites (tertiary alicyclic amines) is 1. The summed E-state index contributed by atoms with van der Waals surface area (Å²) in [6.07, 6.45) is 10.2. The van der Waals surface area contributed by atoms with Crippen LogP contribution in [-0.4, -0.2) is 23.0 Å². The summed E-state index contributed by atoms with van der Waals surface area (Å²) in [6, 6.07) is 4.08. The Hall–Kier alpha value is -0.890. The van der Waals surface area contributed by atoms with Crippen LogP contribution in [0.4, 0.5) is 0 Å². The van der Waals surface area contributed by atoms with E-state index in [1.165, 1.54) is 44.3 Å². The van der Waals surface area contributed by atoms with E-state index in [0.29, 0.717) is 0 Å². The van der Waals surface area contributed by atoms with Crippen LogP contribution in [-0.2, 0) is 6.54 Å². The van der Waals surface area contributed by atoms with Gasteiger partial charge in [-0.25, -0.2) is 0 Å². The summed E-state index contributed by atoms with van der Waals surface area (Å²) in [4.78, 5) is 6.45. The predicted molar refractivity (Wildman–Crippen MR) is 56.8 cm³/mol. The molecule has 1 aliphatic rings. The molecule has 1 aromatic rings. The van der Waals surface area contributed by atoms with Gasteiger partial charge in [0.25, 0.3) is 0 Å². The van der Waals surface area contributed by atoms with E-state index in [1.807, 2.05) is 12.3 Å². The molecule has 1 radical (unpaired) electrons. The van der Waals surface area contributed by atoms with Crippen molar-refractivity contribution in [1.29, 1.82) is 0 Å². The standard InChI is InChI=1S/C12H17N2/c1-2-4-10-14(9-3-1)11-12-5-7-13-8-6-12/h5-7H,1-4,9-11H2. The fourth-order valence-corrected chi connectivity index (χ4v) is 2.00. The van der Waals surface area contributed by atoms with Crippen molar-refractivity contribution in [3.8, 4) is 0 Å². The van der Waals surface area contributed by atoms with Crippen molar-refractivity contribution < 1.29 is 0 Å². The molecule has 0 bridgehead atoms. The second-order valence-corrected chi connectivity index (χ2v) is 3.98. The average molecular weight is 189 g/mol. The van der Waals surface area contributed by atoms with Gasteiger partial charge in [-0.2, -0.15) is 0 Å². The lowest BCUT2D eigenvalue weighted by Gasteiger charge is -2.19. The van der Waals surface area contributed by atoms with Gasteiger partial charge in [-0.15, -0.1) is 0 Å². The zero-order valence-corrected chi connectivity index (χ0v) is 8.58. The van der Waals surface area contributed by atoms with Gasteiger partial charge in [0, 0.05) is 12.7 Å². The highest BCUT2D eigenvalue weighted by atomic mass is 15.1. The second-order valence-electron chi connectivity index (χ2n) is 3.98. The highest BCUT2D eigenvalue weighted by molar-refractivity contribution is 5.08. The minimum atomic E-state index is 1.07. The minimum absolute atomic E-state index is 1.07. The van der Waals surface area contributed by atoms with Gasteiger partial charge in [-0.1, -0.05) is 12.8 Å². The molecule has 0 amide bonds. The van der Waals surface area contributed by atoms with E-state index in [2.05, 4.69) is 22.1 Å². The molecule has 0 saturated carbocycles. The van der Waals surface area contributed by atoms with Crippen LogP contribution >= 0.6 is 0 Å². The van der Waals surface area contributed by atoms with Crippen molar-refractivity contribution in [3.05, 3.63) is 30.1 Å². The minimum Gasteiger partial charge on any atom is -0.299 e. The average Bonchev–Trinajstić information content (AvgIpc) is 2.48. The lowest BCUT2D eigenvalue weighted by molar-refractivity contribution is 0.277. The molecule has 0 aliphatic carbocycles. The largest absolute Gasteiger partial charge is 0.299 e. The van der Waals surface area contributed by atoms with Gasteiger partial charge in [0.1, 0.15) is 0 Å². The highest BCUT2D eigenvalue weighted by Crippen LogP contribution is 2.12. The lowest BCUT2D eigenvalue weighted by Crippen LogP contribution is -2.23. The molecule has 75 valence electrons. The smallest absolute Gasteiger partial charge is 0.0889 e. The van der Waals surface area contributed by atoms with Gasteiger partial charge < -0.3 is 0 Å². The van der Waals surface area contributed by atoms with Crippen LogP contribution in [0.1, 0.15) is 31.2 Å². The Balaban J connectivity index is 1.90. The lowest BCUT2D eigenvalue weighted by atomic mass is 10.2. The Bertz CT molecular complexity index is 250. The summed E-state index contributed by atoms with van der Waals surface area (Å²) in [6.45, 7) is 3.57. The van der Waals surface area contributed by atoms with Crippen molar-refractivity contribution in [1.82, 2.24) is 9.88 Å². The SMILES string of the molecule is [c]1cc(CN2CCCCCC2)ccn1. The number of hydrogen-bond donors (Lipinski definition) is 0. The monoisotopic (exact) mass is 189 g/mol. The number of rotatable bonds is 2. The summed E-state index contributed by atoms with van der Waals surface area (Å²) in [5.41, 5.74) is 1.34. The van der Waals surface area contributed by atoms with Crippen LogP contribution in [0.3, 0.4) is 0 Å². The van der Waals surface area contributed by atoms with Crippen molar-refractivity contribution in [3.63, 3.8) is 0 Å². The zero-order valence-electron chi connectivity index (χ0n) is 8.58. The first-order valence-corrected chi connectivity index (χ1v) is 5.48. The van der Waals surface area contributed by atoms with Crippen molar-refractivity contribution in [2.75, 3.05) is 13.1 Å². The first kappa shape index (κ1) is 9.66. The van der Waals surface area contributed by atoms with Crippen LogP contribution in [0.2, 0.25) is 0 Å². The summed E-state index contributed by atoms with van der Waals surface area (Å²) in [5, 5.41) is 0. The van der Waals surface area contributed by atoms with Gasteiger partial charge in [-0.3, -0.25) is 9.88 Å². The van der Waals surface area contributed by atoms with Crippen LogP contribution in [0.5, 0.6) is 0 Å². The third-order valence-electron chi connectivity index (χ3n) is 2.79. The molecule has 1 aromatic heterocycles. The van der Waals surface area contributed by atoms with Gasteiger partial charge in [0.2, 0.25) is 0 Å². The molecule has 1 saturated heterocycles. The van der Waals surface area contributed by atoms with E-state index in [1.54, 1.807) is 0 Å². The molecular weight excluding hydrogens is 172 g/mol. The van der Waals surface area contributed by atoms with Crippen LogP contribution in [0.15, 0.2) is 18.3 Å². The molecule has 2 heterocycles. The molecule has 0 atom stereocenters. The third-order valence-corrected chi connectivity index (χ3v) is 2.79. The summed E-state index contributed by atoms with van der Waals surface area (Å²) in [5.74, 6) is 0. The van der Waals surface area contributed by atoms with E-state index in [0.717, 1.165) is 6.54 Å². The molecular formula is C12H17N2. The van der Waals surface area contributed by atoms with Crippen molar-refractivity contribution in [2.24, 2.45) is 0 Å². The van der Waals surface area contributed by atoms with E-state index in [9.17, 15) is 0 Å². The quantitative estimate of drug-likeness (QED) is 0.709. The molecule has 0 aromatic carbocycles.